The fourth-order valence-corrected chi connectivity index (χ4v) is 4.55. The first-order chi connectivity index (χ1) is 16.3. The molecule has 0 spiro atoms. The molecule has 0 aliphatic carbocycles. The number of rotatable bonds is 9. The van der Waals surface area contributed by atoms with Crippen molar-refractivity contribution in [2.75, 3.05) is 31.9 Å². The van der Waals surface area contributed by atoms with Crippen LogP contribution in [0, 0.1) is 0 Å². The first-order valence-electron chi connectivity index (χ1n) is 10.2. The lowest BCUT2D eigenvalue weighted by atomic mass is 10.2. The zero-order chi connectivity index (χ0) is 24.6. The average Bonchev–Trinajstić information content (AvgIpc) is 3.34. The Morgan fingerprint density at radius 2 is 1.97 bits per heavy atom. The van der Waals surface area contributed by atoms with Crippen LogP contribution >= 0.6 is 11.3 Å². The molecular weight excluding hydrogens is 480 g/mol. The Kier molecular flexibility index (Phi) is 8.55. The molecule has 12 heteroatoms. The van der Waals surface area contributed by atoms with E-state index < -0.39 is 15.8 Å². The summed E-state index contributed by atoms with van der Waals surface area (Å²) in [5.41, 5.74) is 1.33. The summed E-state index contributed by atoms with van der Waals surface area (Å²) < 4.78 is 31.5. The minimum absolute atomic E-state index is 0.0851. The molecule has 0 bridgehead atoms. The van der Waals surface area contributed by atoms with E-state index in [2.05, 4.69) is 24.4 Å². The molecule has 3 rings (SSSR count). The molecule has 1 amide bonds. The number of hydrogen-bond donors (Lipinski definition) is 1. The van der Waals surface area contributed by atoms with Crippen molar-refractivity contribution in [1.82, 2.24) is 9.97 Å². The minimum atomic E-state index is -2.94. The molecule has 1 aromatic carbocycles. The molecular formula is C22H24N4O6S2. The van der Waals surface area contributed by atoms with E-state index in [-0.39, 0.29) is 31.6 Å². The van der Waals surface area contributed by atoms with Crippen LogP contribution in [0.15, 0.2) is 57.2 Å². The highest BCUT2D eigenvalue weighted by molar-refractivity contribution is 7.93. The van der Waals surface area contributed by atoms with Gasteiger partial charge in [-0.2, -0.15) is 4.98 Å². The average molecular weight is 505 g/mol. The van der Waals surface area contributed by atoms with E-state index in [0.29, 0.717) is 22.0 Å². The van der Waals surface area contributed by atoms with Crippen molar-refractivity contribution < 1.29 is 28.0 Å². The first kappa shape index (κ1) is 25.1. The third-order valence-electron chi connectivity index (χ3n) is 4.38. The lowest BCUT2D eigenvalue weighted by molar-refractivity contribution is -0.141. The van der Waals surface area contributed by atoms with Gasteiger partial charge in [-0.3, -0.25) is 4.79 Å². The van der Waals surface area contributed by atoms with Gasteiger partial charge in [0.05, 0.1) is 35.4 Å². The molecule has 2 aromatic heterocycles. The van der Waals surface area contributed by atoms with Crippen LogP contribution in [-0.2, 0) is 24.0 Å². The molecule has 0 saturated heterocycles. The van der Waals surface area contributed by atoms with E-state index in [0.717, 1.165) is 4.88 Å². The van der Waals surface area contributed by atoms with E-state index >= 15 is 0 Å². The molecule has 1 N–H and O–H groups in total. The lowest BCUT2D eigenvalue weighted by Gasteiger charge is -2.12. The molecule has 1 atom stereocenters. The summed E-state index contributed by atoms with van der Waals surface area (Å²) >= 11 is 1.51. The summed E-state index contributed by atoms with van der Waals surface area (Å²) in [5, 5.41) is 4.99. The van der Waals surface area contributed by atoms with Gasteiger partial charge in [-0.05, 0) is 42.6 Å². The fourth-order valence-electron chi connectivity index (χ4n) is 2.73. The third kappa shape index (κ3) is 6.75. The number of anilines is 2. The van der Waals surface area contributed by atoms with E-state index in [1.165, 1.54) is 24.7 Å². The van der Waals surface area contributed by atoms with Crippen molar-refractivity contribution >= 4 is 44.8 Å². The standard InChI is InChI=1S/C22H24N4O6S2/c1-4-31-22(28)26-34(3,29)16-9-7-15(8-10-16)24-21-23-14-17(18-6-5-13-33-18)20(25-21)32-12-11-19(27)30-2/h5-10,13-14H,4,11-12H2,1-3H3,(H,23,24,25). The van der Waals surface area contributed by atoms with E-state index in [1.807, 2.05) is 17.5 Å². The SMILES string of the molecule is CCOC(=O)N=S(C)(=O)c1ccc(Nc2ncc(-c3cccs3)c(OCCC(=O)OC)n2)cc1. The minimum Gasteiger partial charge on any atom is -0.476 e. The number of nitrogens with one attached hydrogen (secondary N) is 1. The van der Waals surface area contributed by atoms with Crippen LogP contribution in [0.1, 0.15) is 13.3 Å². The van der Waals surface area contributed by atoms with Crippen molar-refractivity contribution in [1.29, 1.82) is 0 Å². The smallest absolute Gasteiger partial charge is 0.442 e. The number of carbonyl (C=O) groups is 2. The van der Waals surface area contributed by atoms with Crippen molar-refractivity contribution in [3.63, 3.8) is 0 Å². The zero-order valence-electron chi connectivity index (χ0n) is 18.8. The summed E-state index contributed by atoms with van der Waals surface area (Å²) in [6.07, 6.45) is 2.23. The number of esters is 1. The van der Waals surface area contributed by atoms with Gasteiger partial charge in [-0.15, -0.1) is 15.7 Å². The van der Waals surface area contributed by atoms with Crippen LogP contribution < -0.4 is 10.1 Å². The van der Waals surface area contributed by atoms with E-state index in [4.69, 9.17) is 9.47 Å². The van der Waals surface area contributed by atoms with Gasteiger partial charge in [0.1, 0.15) is 6.61 Å². The number of methoxy groups -OCH3 is 1. The fraction of sp³-hybridized carbons (Fsp3) is 0.273. The second-order valence-corrected chi connectivity index (χ2v) is 10.0. The predicted octanol–water partition coefficient (Wildman–Crippen LogP) is 4.50. The van der Waals surface area contributed by atoms with Gasteiger partial charge in [0.25, 0.3) is 0 Å². The highest BCUT2D eigenvalue weighted by atomic mass is 32.2. The molecule has 1 unspecified atom stereocenters. The summed E-state index contributed by atoms with van der Waals surface area (Å²) in [4.78, 5) is 33.1. The Morgan fingerprint density at radius 1 is 1.21 bits per heavy atom. The second kappa shape index (κ2) is 11.6. The number of carbonyl (C=O) groups excluding carboxylic acids is 2. The first-order valence-corrected chi connectivity index (χ1v) is 13.0. The number of nitrogens with zero attached hydrogens (tertiary/aromatic N) is 3. The Balaban J connectivity index is 1.79. The van der Waals surface area contributed by atoms with Gasteiger partial charge in [-0.25, -0.2) is 14.0 Å². The number of hydrogen-bond acceptors (Lipinski definition) is 10. The van der Waals surface area contributed by atoms with Gasteiger partial charge < -0.3 is 19.5 Å². The molecule has 0 fully saturated rings. The molecule has 34 heavy (non-hydrogen) atoms. The van der Waals surface area contributed by atoms with Gasteiger partial charge >= 0.3 is 12.1 Å². The summed E-state index contributed by atoms with van der Waals surface area (Å²) in [6, 6.07) is 10.4. The molecule has 2 heterocycles. The molecule has 0 aliphatic rings. The zero-order valence-corrected chi connectivity index (χ0v) is 20.5. The Bertz CT molecular complexity index is 1250. The predicted molar refractivity (Wildman–Crippen MR) is 129 cm³/mol. The van der Waals surface area contributed by atoms with Crippen LogP contribution in [0.25, 0.3) is 10.4 Å². The molecule has 180 valence electrons. The van der Waals surface area contributed by atoms with Crippen molar-refractivity contribution in [2.24, 2.45) is 4.36 Å². The highest BCUT2D eigenvalue weighted by Gasteiger charge is 2.14. The maximum absolute atomic E-state index is 12.7. The van der Waals surface area contributed by atoms with E-state index in [9.17, 15) is 13.8 Å². The summed E-state index contributed by atoms with van der Waals surface area (Å²) in [5.74, 6) is 0.215. The maximum Gasteiger partial charge on any atom is 0.442 e. The number of aromatic nitrogens is 2. The largest absolute Gasteiger partial charge is 0.476 e. The Labute approximate surface area is 201 Å². The highest BCUT2D eigenvalue weighted by Crippen LogP contribution is 2.32. The topological polar surface area (TPSA) is 129 Å². The lowest BCUT2D eigenvalue weighted by Crippen LogP contribution is -2.09. The number of amides is 1. The van der Waals surface area contributed by atoms with Crippen LogP contribution in [0.4, 0.5) is 16.4 Å². The van der Waals surface area contributed by atoms with Gasteiger partial charge in [0.2, 0.25) is 11.8 Å². The van der Waals surface area contributed by atoms with Crippen LogP contribution in [0.5, 0.6) is 5.88 Å². The molecule has 3 aromatic rings. The third-order valence-corrected chi connectivity index (χ3v) is 6.92. The van der Waals surface area contributed by atoms with Crippen LogP contribution in [0.2, 0.25) is 0 Å². The van der Waals surface area contributed by atoms with Crippen LogP contribution in [0.3, 0.4) is 0 Å². The molecule has 0 radical (unpaired) electrons. The molecule has 10 nitrogen and oxygen atoms in total. The number of benzene rings is 1. The number of ether oxygens (including phenoxy) is 3. The molecule has 0 aliphatic heterocycles. The quantitative estimate of drug-likeness (QED) is 0.419. The Hall–Kier alpha value is -3.51. The maximum atomic E-state index is 12.7. The molecule has 0 saturated carbocycles. The second-order valence-electron chi connectivity index (χ2n) is 6.81. The normalized spacial score (nSPS) is 12.3. The van der Waals surface area contributed by atoms with Crippen LogP contribution in [-0.4, -0.2) is 52.8 Å². The van der Waals surface area contributed by atoms with E-state index in [1.54, 1.807) is 37.4 Å². The van der Waals surface area contributed by atoms with Gasteiger partial charge in [-0.1, -0.05) is 6.07 Å². The van der Waals surface area contributed by atoms with Crippen molar-refractivity contribution in [3.05, 3.63) is 48.0 Å². The monoisotopic (exact) mass is 504 g/mol. The van der Waals surface area contributed by atoms with Gasteiger partial charge in [0.15, 0.2) is 0 Å². The van der Waals surface area contributed by atoms with Crippen molar-refractivity contribution in [2.45, 2.75) is 18.2 Å². The van der Waals surface area contributed by atoms with Gasteiger partial charge in [0, 0.05) is 27.9 Å². The van der Waals surface area contributed by atoms with Crippen molar-refractivity contribution in [3.8, 4) is 16.3 Å². The summed E-state index contributed by atoms with van der Waals surface area (Å²) in [6.45, 7) is 1.90. The number of thiophene rings is 1. The Morgan fingerprint density at radius 3 is 2.62 bits per heavy atom. The summed E-state index contributed by atoms with van der Waals surface area (Å²) in [7, 11) is -1.62.